The van der Waals surface area contributed by atoms with Gasteiger partial charge < -0.3 is 24.4 Å². The molecule has 2 atom stereocenters. The Bertz CT molecular complexity index is 1240. The van der Waals surface area contributed by atoms with Gasteiger partial charge in [0.15, 0.2) is 11.5 Å². The molecule has 1 fully saturated rings. The molecule has 10 heteroatoms. The first-order valence-electron chi connectivity index (χ1n) is 13.1. The van der Waals surface area contributed by atoms with E-state index in [-0.39, 0.29) is 31.0 Å². The number of ether oxygens (including phenoxy) is 3. The van der Waals surface area contributed by atoms with Gasteiger partial charge in [0.25, 0.3) is 0 Å². The number of rotatable bonds is 12. The van der Waals surface area contributed by atoms with Crippen molar-refractivity contribution in [2.45, 2.75) is 51.8 Å². The first-order chi connectivity index (χ1) is 18.4. The van der Waals surface area contributed by atoms with E-state index in [9.17, 15) is 9.59 Å². The highest BCUT2D eigenvalue weighted by Gasteiger charge is 2.35. The summed E-state index contributed by atoms with van der Waals surface area (Å²) >= 11 is 0. The molecule has 1 aromatic heterocycles. The fourth-order valence-corrected chi connectivity index (χ4v) is 4.69. The number of carbonyl (C=O) groups is 2. The molecule has 4 rings (SSSR count). The number of carbonyl (C=O) groups excluding carboxylic acids is 2. The summed E-state index contributed by atoms with van der Waals surface area (Å²) in [4.78, 5) is 29.3. The van der Waals surface area contributed by atoms with Crippen LogP contribution in [-0.2, 0) is 20.9 Å². The average Bonchev–Trinajstić information content (AvgIpc) is 3.58. The highest BCUT2D eigenvalue weighted by atomic mass is 16.5. The quantitative estimate of drug-likeness (QED) is 0.388. The molecule has 0 unspecified atom stereocenters. The molecule has 0 bridgehead atoms. The molecule has 1 aliphatic heterocycles. The number of benzene rings is 2. The Morgan fingerprint density at radius 1 is 1.16 bits per heavy atom. The van der Waals surface area contributed by atoms with Crippen molar-refractivity contribution in [1.82, 2.24) is 25.2 Å². The summed E-state index contributed by atoms with van der Waals surface area (Å²) < 4.78 is 18.4. The van der Waals surface area contributed by atoms with E-state index in [0.717, 1.165) is 24.8 Å². The van der Waals surface area contributed by atoms with Gasteiger partial charge in [0.2, 0.25) is 11.8 Å². The summed E-state index contributed by atoms with van der Waals surface area (Å²) in [7, 11) is 3.10. The molecule has 0 radical (unpaired) electrons. The number of fused-ring (bicyclic) bond motifs is 1. The summed E-state index contributed by atoms with van der Waals surface area (Å²) in [5, 5.41) is 11.4. The number of methoxy groups -OCH3 is 2. The van der Waals surface area contributed by atoms with E-state index >= 15 is 0 Å². The van der Waals surface area contributed by atoms with Gasteiger partial charge in [-0.1, -0.05) is 37.3 Å². The molecule has 38 heavy (non-hydrogen) atoms. The number of aromatic nitrogens is 3. The molecule has 3 aromatic rings. The van der Waals surface area contributed by atoms with Crippen LogP contribution in [-0.4, -0.2) is 71.7 Å². The lowest BCUT2D eigenvalue weighted by Crippen LogP contribution is -2.48. The van der Waals surface area contributed by atoms with Crippen LogP contribution < -0.4 is 14.8 Å². The van der Waals surface area contributed by atoms with Crippen molar-refractivity contribution in [2.75, 3.05) is 33.9 Å². The van der Waals surface area contributed by atoms with Crippen LogP contribution in [0.5, 0.6) is 11.5 Å². The van der Waals surface area contributed by atoms with E-state index in [0.29, 0.717) is 41.6 Å². The number of nitrogens with zero attached hydrogens (tertiary/aromatic N) is 4. The number of hydrogen-bond acceptors (Lipinski definition) is 7. The van der Waals surface area contributed by atoms with E-state index in [1.807, 2.05) is 24.3 Å². The number of amides is 2. The minimum absolute atomic E-state index is 0.0592. The number of nitrogens with one attached hydrogen (secondary N) is 1. The molecule has 2 amide bonds. The molecular formula is C28H37N5O5. The molecule has 1 N–H and O–H groups in total. The highest BCUT2D eigenvalue weighted by Crippen LogP contribution is 2.33. The zero-order chi connectivity index (χ0) is 27.1. The first kappa shape index (κ1) is 27.4. The van der Waals surface area contributed by atoms with Gasteiger partial charge in [-0.15, -0.1) is 5.10 Å². The van der Waals surface area contributed by atoms with Crippen LogP contribution in [0.4, 0.5) is 0 Å². The number of para-hydroxylation sites is 1. The summed E-state index contributed by atoms with van der Waals surface area (Å²) in [5.41, 5.74) is 2.08. The minimum Gasteiger partial charge on any atom is -0.493 e. The highest BCUT2D eigenvalue weighted by molar-refractivity contribution is 5.89. The SMILES string of the molecule is COc1ccc([C@@H](C(=O)NCCC(C)C)N(C[C@H]2CCCO2)C(=O)Cn2nnc3ccccc32)cc1OC. The van der Waals surface area contributed by atoms with Crippen molar-refractivity contribution < 1.29 is 23.8 Å². The Morgan fingerprint density at radius 2 is 1.95 bits per heavy atom. The third-order valence-electron chi connectivity index (χ3n) is 6.75. The topological polar surface area (TPSA) is 108 Å². The van der Waals surface area contributed by atoms with Gasteiger partial charge in [-0.25, -0.2) is 4.68 Å². The van der Waals surface area contributed by atoms with Crippen LogP contribution in [0.2, 0.25) is 0 Å². The molecular weight excluding hydrogens is 486 g/mol. The second-order valence-electron chi connectivity index (χ2n) is 9.91. The summed E-state index contributed by atoms with van der Waals surface area (Å²) in [5.74, 6) is 0.945. The van der Waals surface area contributed by atoms with Crippen LogP contribution in [0.3, 0.4) is 0 Å². The van der Waals surface area contributed by atoms with E-state index in [4.69, 9.17) is 14.2 Å². The molecule has 0 saturated carbocycles. The Morgan fingerprint density at radius 3 is 2.66 bits per heavy atom. The van der Waals surface area contributed by atoms with Gasteiger partial charge >= 0.3 is 0 Å². The zero-order valence-corrected chi connectivity index (χ0v) is 22.6. The maximum absolute atomic E-state index is 14.0. The predicted octanol–water partition coefficient (Wildman–Crippen LogP) is 3.36. The molecule has 0 aliphatic carbocycles. The van der Waals surface area contributed by atoms with Gasteiger partial charge in [0.1, 0.15) is 18.1 Å². The van der Waals surface area contributed by atoms with E-state index in [2.05, 4.69) is 29.5 Å². The second-order valence-corrected chi connectivity index (χ2v) is 9.91. The first-order valence-corrected chi connectivity index (χ1v) is 13.1. The minimum atomic E-state index is -0.895. The van der Waals surface area contributed by atoms with Crippen LogP contribution in [0.1, 0.15) is 44.7 Å². The van der Waals surface area contributed by atoms with Crippen LogP contribution >= 0.6 is 0 Å². The number of hydrogen-bond donors (Lipinski definition) is 1. The second kappa shape index (κ2) is 12.7. The molecule has 204 valence electrons. The molecule has 1 aliphatic rings. The van der Waals surface area contributed by atoms with Crippen molar-refractivity contribution in [3.05, 3.63) is 48.0 Å². The lowest BCUT2D eigenvalue weighted by atomic mass is 10.0. The van der Waals surface area contributed by atoms with Gasteiger partial charge in [-0.3, -0.25) is 9.59 Å². The van der Waals surface area contributed by atoms with E-state index in [1.165, 1.54) is 0 Å². The lowest BCUT2D eigenvalue weighted by molar-refractivity contribution is -0.143. The molecule has 2 aromatic carbocycles. The maximum Gasteiger partial charge on any atom is 0.247 e. The Balaban J connectivity index is 1.71. The van der Waals surface area contributed by atoms with Crippen LogP contribution in [0.25, 0.3) is 11.0 Å². The molecule has 2 heterocycles. The van der Waals surface area contributed by atoms with Gasteiger partial charge in [0, 0.05) is 19.7 Å². The van der Waals surface area contributed by atoms with E-state index < -0.39 is 6.04 Å². The monoisotopic (exact) mass is 523 g/mol. The van der Waals surface area contributed by atoms with Crippen molar-refractivity contribution in [3.63, 3.8) is 0 Å². The third kappa shape index (κ3) is 6.42. The van der Waals surface area contributed by atoms with Gasteiger partial charge in [-0.2, -0.15) is 0 Å². The largest absolute Gasteiger partial charge is 0.493 e. The lowest BCUT2D eigenvalue weighted by Gasteiger charge is -2.33. The fourth-order valence-electron chi connectivity index (χ4n) is 4.69. The molecule has 0 spiro atoms. The third-order valence-corrected chi connectivity index (χ3v) is 6.75. The Labute approximate surface area is 223 Å². The predicted molar refractivity (Wildman–Crippen MR) is 143 cm³/mol. The summed E-state index contributed by atoms with van der Waals surface area (Å²) in [6.07, 6.45) is 2.42. The molecule has 1 saturated heterocycles. The van der Waals surface area contributed by atoms with Gasteiger partial charge in [-0.05, 0) is 55.0 Å². The smallest absolute Gasteiger partial charge is 0.247 e. The van der Waals surface area contributed by atoms with E-state index in [1.54, 1.807) is 42.0 Å². The standard InChI is InChI=1S/C28H37N5O5/c1-19(2)13-14-29-28(35)27(20-11-12-24(36-3)25(16-20)37-4)32(17-21-8-7-15-38-21)26(34)18-33-23-10-6-5-9-22(23)30-31-33/h5-6,9-12,16,19,21,27H,7-8,13-15,17-18H2,1-4H3,(H,29,35)/t21-,27+/m1/s1. The van der Waals surface area contributed by atoms with Gasteiger partial charge in [0.05, 0.1) is 25.8 Å². The summed E-state index contributed by atoms with van der Waals surface area (Å²) in [6.45, 7) is 5.58. The van der Waals surface area contributed by atoms with Crippen molar-refractivity contribution >= 4 is 22.8 Å². The van der Waals surface area contributed by atoms with Crippen molar-refractivity contribution in [1.29, 1.82) is 0 Å². The van der Waals surface area contributed by atoms with Crippen molar-refractivity contribution in [2.24, 2.45) is 5.92 Å². The zero-order valence-electron chi connectivity index (χ0n) is 22.6. The maximum atomic E-state index is 14.0. The van der Waals surface area contributed by atoms with Crippen molar-refractivity contribution in [3.8, 4) is 11.5 Å². The van der Waals surface area contributed by atoms with Crippen LogP contribution in [0.15, 0.2) is 42.5 Å². The Kier molecular flexibility index (Phi) is 9.17. The normalized spacial score (nSPS) is 16.0. The molecule has 10 nitrogen and oxygen atoms in total. The van der Waals surface area contributed by atoms with Crippen LogP contribution in [0, 0.1) is 5.92 Å². The fraction of sp³-hybridized carbons (Fsp3) is 0.500. The Hall–Kier alpha value is -3.66. The summed E-state index contributed by atoms with van der Waals surface area (Å²) in [6, 6.07) is 11.9. The average molecular weight is 524 g/mol.